The van der Waals surface area contributed by atoms with Crippen LogP contribution in [0, 0.1) is 0 Å². The summed E-state index contributed by atoms with van der Waals surface area (Å²) in [5, 5.41) is -3.40. The van der Waals surface area contributed by atoms with Crippen LogP contribution in [-0.2, 0) is 4.74 Å². The first-order chi connectivity index (χ1) is 4.75. The lowest BCUT2D eigenvalue weighted by atomic mass is 10.2. The molecule has 0 saturated carbocycles. The van der Waals surface area contributed by atoms with E-state index < -0.39 is 11.1 Å². The van der Waals surface area contributed by atoms with E-state index in [1.165, 1.54) is 33.0 Å². The summed E-state index contributed by atoms with van der Waals surface area (Å²) in [6, 6.07) is 0. The molecule has 0 N–H and O–H groups in total. The number of alkyl halides is 3. The smallest absolute Gasteiger partial charge is 0.356 e. The lowest BCUT2D eigenvalue weighted by molar-refractivity contribution is -0.208. The highest BCUT2D eigenvalue weighted by Gasteiger charge is 2.51. The number of nitrogens with zero attached hydrogens (tertiary/aromatic N) is 1. The Morgan fingerprint density at radius 1 is 1.36 bits per heavy atom. The summed E-state index contributed by atoms with van der Waals surface area (Å²) in [5.74, 6) is 0. The van der Waals surface area contributed by atoms with Crippen LogP contribution in [0.5, 0.6) is 0 Å². The van der Waals surface area contributed by atoms with Crippen LogP contribution in [-0.4, -0.2) is 37.2 Å². The van der Waals surface area contributed by atoms with E-state index in [1.54, 1.807) is 0 Å². The van der Waals surface area contributed by atoms with Gasteiger partial charge in [0.15, 0.2) is 5.72 Å². The van der Waals surface area contributed by atoms with E-state index in [4.69, 9.17) is 11.6 Å². The molecule has 0 saturated heterocycles. The summed E-state index contributed by atoms with van der Waals surface area (Å²) in [7, 11) is 4.13. The summed E-state index contributed by atoms with van der Waals surface area (Å²) in [4.78, 5) is 1.22. The van der Waals surface area contributed by atoms with Gasteiger partial charge in [-0.1, -0.05) is 0 Å². The van der Waals surface area contributed by atoms with Crippen LogP contribution >= 0.6 is 11.6 Å². The Hall–Kier alpha value is 0.0700. The second kappa shape index (κ2) is 3.21. The minimum Gasteiger partial charge on any atom is -0.356 e. The molecule has 1 atom stereocenters. The van der Waals surface area contributed by atoms with E-state index >= 15 is 0 Å². The van der Waals surface area contributed by atoms with Gasteiger partial charge in [0.1, 0.15) is 0 Å². The highest BCUT2D eigenvalue weighted by Crippen LogP contribution is 2.36. The van der Waals surface area contributed by atoms with E-state index in [-0.39, 0.29) is 0 Å². The van der Waals surface area contributed by atoms with Crippen molar-refractivity contribution in [2.24, 2.45) is 0 Å². The molecule has 2 nitrogen and oxygen atoms in total. The van der Waals surface area contributed by atoms with E-state index in [9.17, 15) is 8.78 Å². The third kappa shape index (κ3) is 2.01. The first kappa shape index (κ1) is 11.1. The topological polar surface area (TPSA) is 12.5 Å². The van der Waals surface area contributed by atoms with Gasteiger partial charge >= 0.3 is 5.38 Å². The predicted octanol–water partition coefficient (Wildman–Crippen LogP) is 1.74. The number of hydrogen-bond donors (Lipinski definition) is 0. The molecule has 0 aliphatic rings. The zero-order chi connectivity index (χ0) is 9.28. The van der Waals surface area contributed by atoms with Gasteiger partial charge in [0.05, 0.1) is 0 Å². The largest absolute Gasteiger partial charge is 0.363 e. The summed E-state index contributed by atoms with van der Waals surface area (Å²) < 4.78 is 29.8. The zero-order valence-electron chi connectivity index (χ0n) is 6.99. The Labute approximate surface area is 70.1 Å². The van der Waals surface area contributed by atoms with Crippen molar-refractivity contribution in [2.75, 3.05) is 21.2 Å². The standard InChI is InChI=1S/C6H12ClF2NO/c1-5(11-4,10(2)3)6(7,8)9/h1-4H3. The maximum atomic E-state index is 12.6. The molecule has 1 unspecified atom stereocenters. The second-order valence-corrected chi connectivity index (χ2v) is 3.05. The molecule has 0 bridgehead atoms. The van der Waals surface area contributed by atoms with Crippen molar-refractivity contribution in [1.29, 1.82) is 0 Å². The molecule has 0 rings (SSSR count). The maximum absolute atomic E-state index is 12.6. The van der Waals surface area contributed by atoms with Gasteiger partial charge in [-0.05, 0) is 32.6 Å². The molecule has 0 aromatic rings. The number of methoxy groups -OCH3 is 1. The van der Waals surface area contributed by atoms with Gasteiger partial charge in [-0.25, -0.2) is 0 Å². The van der Waals surface area contributed by atoms with Gasteiger partial charge in [-0.3, -0.25) is 4.90 Å². The summed E-state index contributed by atoms with van der Waals surface area (Å²) in [6.07, 6.45) is 0. The van der Waals surface area contributed by atoms with Gasteiger partial charge in [0, 0.05) is 7.11 Å². The van der Waals surface area contributed by atoms with Crippen LogP contribution in [0.2, 0.25) is 0 Å². The summed E-state index contributed by atoms with van der Waals surface area (Å²) >= 11 is 4.84. The van der Waals surface area contributed by atoms with E-state index in [0.717, 1.165) is 0 Å². The number of hydrogen-bond acceptors (Lipinski definition) is 2. The molecule has 5 heteroatoms. The lowest BCUT2D eigenvalue weighted by Gasteiger charge is -2.37. The minimum absolute atomic E-state index is 1.19. The van der Waals surface area contributed by atoms with Crippen LogP contribution in [0.15, 0.2) is 0 Å². The van der Waals surface area contributed by atoms with Crippen molar-refractivity contribution in [3.63, 3.8) is 0 Å². The molecule has 0 aromatic carbocycles. The Morgan fingerprint density at radius 2 is 1.73 bits per heavy atom. The predicted molar refractivity (Wildman–Crippen MR) is 39.9 cm³/mol. The van der Waals surface area contributed by atoms with Crippen LogP contribution in [0.3, 0.4) is 0 Å². The van der Waals surface area contributed by atoms with E-state index in [2.05, 4.69) is 4.74 Å². The lowest BCUT2D eigenvalue weighted by Crippen LogP contribution is -2.54. The molecule has 11 heavy (non-hydrogen) atoms. The van der Waals surface area contributed by atoms with Crippen molar-refractivity contribution in [1.82, 2.24) is 4.90 Å². The van der Waals surface area contributed by atoms with Crippen LogP contribution < -0.4 is 0 Å². The molecular weight excluding hydrogens is 176 g/mol. The monoisotopic (exact) mass is 187 g/mol. The fraction of sp³-hybridized carbons (Fsp3) is 1.00. The Balaban J connectivity index is 4.61. The molecule has 0 amide bonds. The highest BCUT2D eigenvalue weighted by atomic mass is 35.5. The molecule has 0 aliphatic heterocycles. The van der Waals surface area contributed by atoms with Crippen molar-refractivity contribution >= 4 is 11.6 Å². The van der Waals surface area contributed by atoms with Crippen molar-refractivity contribution in [2.45, 2.75) is 18.0 Å². The second-order valence-electron chi connectivity index (χ2n) is 2.58. The quantitative estimate of drug-likeness (QED) is 0.493. The summed E-state index contributed by atoms with van der Waals surface area (Å²) in [5.41, 5.74) is -1.76. The molecule has 0 spiro atoms. The third-order valence-corrected chi connectivity index (χ3v) is 2.13. The maximum Gasteiger partial charge on any atom is 0.363 e. The minimum atomic E-state index is -3.40. The number of ether oxygens (including phenoxy) is 1. The van der Waals surface area contributed by atoms with Crippen LogP contribution in [0.1, 0.15) is 6.92 Å². The molecule has 0 aromatic heterocycles. The molecule has 0 radical (unpaired) electrons. The molecule has 0 heterocycles. The summed E-state index contributed by atoms with van der Waals surface area (Å²) in [6.45, 7) is 1.22. The molecule has 0 aliphatic carbocycles. The van der Waals surface area contributed by atoms with Crippen LogP contribution in [0.4, 0.5) is 8.78 Å². The first-order valence-corrected chi connectivity index (χ1v) is 3.43. The molecule has 0 fully saturated rings. The van der Waals surface area contributed by atoms with Gasteiger partial charge in [0.25, 0.3) is 0 Å². The van der Waals surface area contributed by atoms with Gasteiger partial charge < -0.3 is 4.74 Å². The van der Waals surface area contributed by atoms with Crippen molar-refractivity contribution in [3.8, 4) is 0 Å². The van der Waals surface area contributed by atoms with Crippen molar-refractivity contribution < 1.29 is 13.5 Å². The van der Waals surface area contributed by atoms with Gasteiger partial charge in [0.2, 0.25) is 0 Å². The number of halogens is 3. The zero-order valence-corrected chi connectivity index (χ0v) is 7.75. The Bertz CT molecular complexity index is 137. The van der Waals surface area contributed by atoms with Gasteiger partial charge in [-0.15, -0.1) is 0 Å². The van der Waals surface area contributed by atoms with Crippen LogP contribution in [0.25, 0.3) is 0 Å². The Morgan fingerprint density at radius 3 is 1.73 bits per heavy atom. The number of rotatable bonds is 3. The third-order valence-electron chi connectivity index (χ3n) is 1.78. The SMILES string of the molecule is COC(C)(N(C)C)C(F)(F)Cl. The fourth-order valence-electron chi connectivity index (χ4n) is 0.552. The van der Waals surface area contributed by atoms with E-state index in [0.29, 0.717) is 0 Å². The van der Waals surface area contributed by atoms with Crippen molar-refractivity contribution in [3.05, 3.63) is 0 Å². The highest BCUT2D eigenvalue weighted by molar-refractivity contribution is 6.22. The van der Waals surface area contributed by atoms with E-state index in [1.807, 2.05) is 0 Å². The first-order valence-electron chi connectivity index (χ1n) is 3.05. The Kier molecular flexibility index (Phi) is 3.23. The average Bonchev–Trinajstić information content (AvgIpc) is 1.83. The molecule has 68 valence electrons. The average molecular weight is 188 g/mol. The molecular formula is C6H12ClF2NO. The fourth-order valence-corrected chi connectivity index (χ4v) is 0.798. The van der Waals surface area contributed by atoms with Gasteiger partial charge in [-0.2, -0.15) is 8.78 Å². The normalized spacial score (nSPS) is 18.5.